The van der Waals surface area contributed by atoms with Gasteiger partial charge < -0.3 is 14.5 Å². The van der Waals surface area contributed by atoms with E-state index in [-0.39, 0.29) is 17.7 Å². The van der Waals surface area contributed by atoms with Crippen molar-refractivity contribution in [2.24, 2.45) is 0 Å². The lowest BCUT2D eigenvalue weighted by molar-refractivity contribution is -0.105. The van der Waals surface area contributed by atoms with Crippen LogP contribution in [0.2, 0.25) is 0 Å². The van der Waals surface area contributed by atoms with Gasteiger partial charge in [0.05, 0.1) is 5.69 Å². The number of hydrogen-bond acceptors (Lipinski definition) is 4. The number of anilines is 1. The maximum atomic E-state index is 13.2. The van der Waals surface area contributed by atoms with E-state index >= 15 is 0 Å². The molecule has 0 saturated carbocycles. The average molecular weight is 515 g/mol. The lowest BCUT2D eigenvalue weighted by Gasteiger charge is -2.14. The summed E-state index contributed by atoms with van der Waals surface area (Å²) in [7, 11) is 0. The Morgan fingerprint density at radius 1 is 1.00 bits per heavy atom. The number of nitrogens with one attached hydrogen (secondary N) is 1. The Kier molecular flexibility index (Phi) is 9.05. The standard InChI is InChI=1S/C18H15F2NO2.C10H11F2NO/c1-11-12(2)22-17(21-11)14-8-9-16(23-18(19)20)15(10-14)13-6-4-3-5-7-13;1-2-10(11,12)8-4-3-5-9(6-8)13-7-14/h3-10,18H,1-2H3;3-7H,2H2,1H3,(H,13,14). The monoisotopic (exact) mass is 514 g/mol. The molecule has 1 heterocycles. The van der Waals surface area contributed by atoms with E-state index in [4.69, 9.17) is 4.42 Å². The van der Waals surface area contributed by atoms with Crippen molar-refractivity contribution >= 4 is 12.1 Å². The lowest BCUT2D eigenvalue weighted by Crippen LogP contribution is -2.11. The number of rotatable bonds is 8. The molecular formula is C28H26F4N2O3. The van der Waals surface area contributed by atoms with Crippen LogP contribution in [0.15, 0.2) is 77.2 Å². The van der Waals surface area contributed by atoms with Crippen molar-refractivity contribution in [3.8, 4) is 28.3 Å². The number of alkyl halides is 4. The molecule has 4 rings (SSSR count). The topological polar surface area (TPSA) is 64.4 Å². The molecule has 5 nitrogen and oxygen atoms in total. The molecule has 0 aliphatic heterocycles. The minimum absolute atomic E-state index is 0.0770. The van der Waals surface area contributed by atoms with Crippen LogP contribution in [-0.4, -0.2) is 18.0 Å². The van der Waals surface area contributed by atoms with Crippen molar-refractivity contribution in [1.82, 2.24) is 4.98 Å². The number of carbonyl (C=O) groups is 1. The molecule has 4 aromatic rings. The largest absolute Gasteiger partial charge is 0.441 e. The molecule has 194 valence electrons. The van der Waals surface area contributed by atoms with Crippen LogP contribution in [0.5, 0.6) is 5.75 Å². The Morgan fingerprint density at radius 2 is 1.73 bits per heavy atom. The van der Waals surface area contributed by atoms with E-state index in [1.165, 1.54) is 31.2 Å². The Hall–Kier alpha value is -4.14. The molecule has 1 amide bonds. The van der Waals surface area contributed by atoms with Crippen LogP contribution in [-0.2, 0) is 10.7 Å². The van der Waals surface area contributed by atoms with Gasteiger partial charge in [-0.05, 0) is 49.7 Å². The van der Waals surface area contributed by atoms with Crippen molar-refractivity contribution in [2.75, 3.05) is 5.32 Å². The van der Waals surface area contributed by atoms with Crippen LogP contribution in [0.3, 0.4) is 0 Å². The van der Waals surface area contributed by atoms with Gasteiger partial charge in [-0.15, -0.1) is 0 Å². The smallest absolute Gasteiger partial charge is 0.387 e. The number of aryl methyl sites for hydroxylation is 2. The molecule has 0 aliphatic carbocycles. The van der Waals surface area contributed by atoms with E-state index < -0.39 is 12.5 Å². The van der Waals surface area contributed by atoms with E-state index in [9.17, 15) is 22.4 Å². The van der Waals surface area contributed by atoms with Crippen molar-refractivity contribution in [1.29, 1.82) is 0 Å². The Bertz CT molecular complexity index is 1300. The van der Waals surface area contributed by atoms with Crippen molar-refractivity contribution in [3.05, 3.63) is 89.8 Å². The second kappa shape index (κ2) is 12.2. The molecule has 37 heavy (non-hydrogen) atoms. The van der Waals surface area contributed by atoms with E-state index in [1.807, 2.05) is 44.2 Å². The summed E-state index contributed by atoms with van der Waals surface area (Å²) >= 11 is 0. The fraction of sp³-hybridized carbons (Fsp3) is 0.214. The van der Waals surface area contributed by atoms with Gasteiger partial charge in [0, 0.05) is 28.8 Å². The number of carbonyl (C=O) groups excluding carboxylic acids is 1. The minimum Gasteiger partial charge on any atom is -0.441 e. The van der Waals surface area contributed by atoms with Crippen LogP contribution in [0.25, 0.3) is 22.6 Å². The van der Waals surface area contributed by atoms with Crippen LogP contribution in [0.4, 0.5) is 23.2 Å². The van der Waals surface area contributed by atoms with Gasteiger partial charge in [0.25, 0.3) is 5.92 Å². The van der Waals surface area contributed by atoms with E-state index in [2.05, 4.69) is 15.0 Å². The summed E-state index contributed by atoms with van der Waals surface area (Å²) in [5.41, 5.74) is 3.16. The third-order valence-electron chi connectivity index (χ3n) is 5.51. The fourth-order valence-electron chi connectivity index (χ4n) is 3.41. The Balaban J connectivity index is 0.000000233. The molecule has 0 spiro atoms. The molecule has 0 unspecified atom stereocenters. The third-order valence-corrected chi connectivity index (χ3v) is 5.51. The van der Waals surface area contributed by atoms with E-state index in [0.29, 0.717) is 29.1 Å². The zero-order chi connectivity index (χ0) is 27.0. The van der Waals surface area contributed by atoms with Gasteiger partial charge in [0.2, 0.25) is 12.3 Å². The Morgan fingerprint density at radius 3 is 2.32 bits per heavy atom. The quantitative estimate of drug-likeness (QED) is 0.191. The molecule has 0 saturated heterocycles. The van der Waals surface area contributed by atoms with Crippen LogP contribution < -0.4 is 10.1 Å². The number of benzene rings is 3. The molecule has 0 bridgehead atoms. The number of hydrogen-bond donors (Lipinski definition) is 1. The summed E-state index contributed by atoms with van der Waals surface area (Å²) in [6, 6.07) is 19.8. The van der Waals surface area contributed by atoms with Crippen LogP contribution in [0.1, 0.15) is 30.4 Å². The maximum Gasteiger partial charge on any atom is 0.387 e. The molecule has 1 N–H and O–H groups in total. The number of amides is 1. The zero-order valence-corrected chi connectivity index (χ0v) is 20.5. The molecule has 9 heteroatoms. The summed E-state index contributed by atoms with van der Waals surface area (Å²) < 4.78 is 61.9. The van der Waals surface area contributed by atoms with Gasteiger partial charge in [0.1, 0.15) is 11.5 Å². The number of ether oxygens (including phenoxy) is 1. The van der Waals surface area contributed by atoms with Gasteiger partial charge in [-0.25, -0.2) is 13.8 Å². The van der Waals surface area contributed by atoms with E-state index in [1.54, 1.807) is 18.2 Å². The van der Waals surface area contributed by atoms with Gasteiger partial charge in [0.15, 0.2) is 0 Å². The number of oxazole rings is 1. The molecule has 0 atom stereocenters. The average Bonchev–Trinajstić information content (AvgIpc) is 3.23. The maximum absolute atomic E-state index is 13.2. The summed E-state index contributed by atoms with van der Waals surface area (Å²) in [5.74, 6) is -1.52. The molecule has 0 radical (unpaired) electrons. The predicted octanol–water partition coefficient (Wildman–Crippen LogP) is 7.98. The number of halogens is 4. The summed E-state index contributed by atoms with van der Waals surface area (Å²) in [6.07, 6.45) is 0.209. The van der Waals surface area contributed by atoms with Gasteiger partial charge >= 0.3 is 6.61 Å². The second-order valence-electron chi connectivity index (χ2n) is 8.02. The highest BCUT2D eigenvalue weighted by molar-refractivity contribution is 5.75. The first-order chi connectivity index (χ1) is 17.6. The van der Waals surface area contributed by atoms with Gasteiger partial charge in [-0.1, -0.05) is 49.4 Å². The highest BCUT2D eigenvalue weighted by atomic mass is 19.3. The van der Waals surface area contributed by atoms with Crippen molar-refractivity contribution < 1.29 is 31.5 Å². The summed E-state index contributed by atoms with van der Waals surface area (Å²) in [5, 5.41) is 2.33. The van der Waals surface area contributed by atoms with Crippen LogP contribution >= 0.6 is 0 Å². The highest BCUT2D eigenvalue weighted by Gasteiger charge is 2.28. The van der Waals surface area contributed by atoms with E-state index in [0.717, 1.165) is 17.0 Å². The zero-order valence-electron chi connectivity index (χ0n) is 20.5. The molecular weight excluding hydrogens is 488 g/mol. The molecule has 0 aliphatic rings. The predicted molar refractivity (Wildman–Crippen MR) is 134 cm³/mol. The summed E-state index contributed by atoms with van der Waals surface area (Å²) in [4.78, 5) is 14.5. The normalized spacial score (nSPS) is 11.0. The third kappa shape index (κ3) is 7.19. The highest BCUT2D eigenvalue weighted by Crippen LogP contribution is 2.35. The first-order valence-corrected chi connectivity index (χ1v) is 11.4. The molecule has 3 aromatic carbocycles. The first kappa shape index (κ1) is 27.4. The minimum atomic E-state index is -2.88. The van der Waals surface area contributed by atoms with Gasteiger partial charge in [-0.2, -0.15) is 8.78 Å². The lowest BCUT2D eigenvalue weighted by atomic mass is 10.0. The summed E-state index contributed by atoms with van der Waals surface area (Å²) in [6.45, 7) is 2.22. The van der Waals surface area contributed by atoms with Crippen LogP contribution in [0, 0.1) is 13.8 Å². The van der Waals surface area contributed by atoms with Gasteiger partial charge in [-0.3, -0.25) is 4.79 Å². The Labute approximate surface area is 212 Å². The fourth-order valence-corrected chi connectivity index (χ4v) is 3.41. The molecule has 0 fully saturated rings. The number of nitrogens with zero attached hydrogens (tertiary/aromatic N) is 1. The number of aromatic nitrogens is 1. The SMILES string of the molecule is CCC(F)(F)c1cccc(NC=O)c1.Cc1nc(-c2ccc(OC(F)F)c(-c3ccccc3)c2)oc1C. The first-order valence-electron chi connectivity index (χ1n) is 11.4. The second-order valence-corrected chi connectivity index (χ2v) is 8.02. The van der Waals surface area contributed by atoms with Crippen molar-refractivity contribution in [2.45, 2.75) is 39.7 Å². The van der Waals surface area contributed by atoms with Crippen molar-refractivity contribution in [3.63, 3.8) is 0 Å². The molecule has 1 aromatic heterocycles.